The summed E-state index contributed by atoms with van der Waals surface area (Å²) in [5.74, 6) is 0.954. The summed E-state index contributed by atoms with van der Waals surface area (Å²) in [7, 11) is 0. The second-order valence-electron chi connectivity index (χ2n) is 5.64. The number of likely N-dealkylation sites (N-methyl/N-ethyl adjacent to an activating group) is 1. The van der Waals surface area contributed by atoms with Crippen LogP contribution in [0.5, 0.6) is 11.5 Å². The van der Waals surface area contributed by atoms with Crippen molar-refractivity contribution < 1.29 is 27.8 Å². The molecule has 0 spiro atoms. The first-order valence-corrected chi connectivity index (χ1v) is 8.17. The number of carbonyl (C=O) groups excluding carboxylic acids is 1. The highest BCUT2D eigenvalue weighted by Crippen LogP contribution is 2.23. The van der Waals surface area contributed by atoms with E-state index in [1.54, 1.807) is 24.3 Å². The van der Waals surface area contributed by atoms with Crippen molar-refractivity contribution in [1.82, 2.24) is 9.88 Å². The third-order valence-electron chi connectivity index (χ3n) is 3.63. The zero-order valence-corrected chi connectivity index (χ0v) is 14.8. The smallest absolute Gasteiger partial charge is 0.416 e. The van der Waals surface area contributed by atoms with E-state index in [4.69, 9.17) is 15.1 Å². The van der Waals surface area contributed by atoms with Gasteiger partial charge in [0.1, 0.15) is 17.3 Å². The summed E-state index contributed by atoms with van der Waals surface area (Å²) >= 11 is 0. The molecule has 0 saturated heterocycles. The highest BCUT2D eigenvalue weighted by Gasteiger charge is 2.39. The molecule has 1 heterocycles. The summed E-state index contributed by atoms with van der Waals surface area (Å²) in [5, 5.41) is 20.2. The molecular weight excluding hydrogens is 377 g/mol. The Balaban J connectivity index is 1.96. The first-order valence-electron chi connectivity index (χ1n) is 8.17. The third kappa shape index (κ3) is 5.85. The molecule has 0 aliphatic carbocycles. The molecule has 0 aliphatic rings. The predicted octanol–water partition coefficient (Wildman–Crippen LogP) is 3.52. The van der Waals surface area contributed by atoms with Crippen molar-refractivity contribution in [2.45, 2.75) is 19.2 Å². The van der Waals surface area contributed by atoms with Gasteiger partial charge >= 0.3 is 12.2 Å². The van der Waals surface area contributed by atoms with E-state index < -0.39 is 24.9 Å². The lowest BCUT2D eigenvalue weighted by Gasteiger charge is -2.25. The molecule has 10 heteroatoms. The van der Waals surface area contributed by atoms with Crippen molar-refractivity contribution in [1.29, 1.82) is 5.26 Å². The van der Waals surface area contributed by atoms with Crippen molar-refractivity contribution in [3.63, 3.8) is 0 Å². The molecule has 2 rings (SSSR count). The number of carbonyl (C=O) groups is 1. The lowest BCUT2D eigenvalue weighted by molar-refractivity contribution is -0.206. The number of rotatable bonds is 6. The standard InChI is InChI=1S/C18H17F3N4O3/c1-2-25(11-15(26)18(19,20)21)17(27)24-16-8-7-14(10-23-16)28-13-5-3-12(9-22)4-6-13/h3-8,10,15,26H,2,11H2,1H3,(H,23,24,27)/t15-/m1/s1. The predicted molar refractivity (Wildman–Crippen MR) is 93.8 cm³/mol. The van der Waals surface area contributed by atoms with Gasteiger partial charge in [-0.3, -0.25) is 5.32 Å². The van der Waals surface area contributed by atoms with Gasteiger partial charge < -0.3 is 14.7 Å². The van der Waals surface area contributed by atoms with Gasteiger partial charge in [0.15, 0.2) is 6.10 Å². The summed E-state index contributed by atoms with van der Waals surface area (Å²) in [5.41, 5.74) is 0.486. The Morgan fingerprint density at radius 3 is 2.43 bits per heavy atom. The number of aromatic nitrogens is 1. The Bertz CT molecular complexity index is 833. The zero-order valence-electron chi connectivity index (χ0n) is 14.8. The summed E-state index contributed by atoms with van der Waals surface area (Å²) < 4.78 is 42.9. The van der Waals surface area contributed by atoms with Gasteiger partial charge in [-0.25, -0.2) is 9.78 Å². The van der Waals surface area contributed by atoms with E-state index in [0.29, 0.717) is 17.1 Å². The number of nitrogens with zero attached hydrogens (tertiary/aromatic N) is 3. The number of ether oxygens (including phenoxy) is 1. The maximum absolute atomic E-state index is 12.5. The second kappa shape index (κ2) is 9.05. The minimum absolute atomic E-state index is 0.0289. The Labute approximate surface area is 159 Å². The summed E-state index contributed by atoms with van der Waals surface area (Å²) in [6.45, 7) is 0.579. The van der Waals surface area contributed by atoms with E-state index in [1.807, 2.05) is 6.07 Å². The lowest BCUT2D eigenvalue weighted by atomic mass is 10.2. The topological polar surface area (TPSA) is 98.5 Å². The molecule has 148 valence electrons. The van der Waals surface area contributed by atoms with Crippen LogP contribution in [0.4, 0.5) is 23.8 Å². The second-order valence-corrected chi connectivity index (χ2v) is 5.64. The third-order valence-corrected chi connectivity index (χ3v) is 3.63. The number of hydrogen-bond donors (Lipinski definition) is 2. The molecule has 28 heavy (non-hydrogen) atoms. The SMILES string of the molecule is CCN(C[C@@H](O)C(F)(F)F)C(=O)Nc1ccc(Oc2ccc(C#N)cc2)cn1. The number of alkyl halides is 3. The van der Waals surface area contributed by atoms with Crippen molar-refractivity contribution in [3.05, 3.63) is 48.2 Å². The Kier molecular flexibility index (Phi) is 6.79. The summed E-state index contributed by atoms with van der Waals surface area (Å²) in [4.78, 5) is 16.9. The molecule has 2 aromatic rings. The molecule has 0 saturated carbocycles. The molecule has 0 radical (unpaired) electrons. The molecule has 0 unspecified atom stereocenters. The molecule has 7 nitrogen and oxygen atoms in total. The van der Waals surface area contributed by atoms with Crippen LogP contribution in [-0.4, -0.2) is 46.4 Å². The number of hydrogen-bond acceptors (Lipinski definition) is 5. The molecule has 2 amide bonds. The maximum Gasteiger partial charge on any atom is 0.416 e. The number of nitriles is 1. The summed E-state index contributed by atoms with van der Waals surface area (Å²) in [6.07, 6.45) is -6.11. The highest BCUT2D eigenvalue weighted by molar-refractivity contribution is 5.88. The van der Waals surface area contributed by atoms with E-state index >= 15 is 0 Å². The fraction of sp³-hybridized carbons (Fsp3) is 0.278. The fourth-order valence-electron chi connectivity index (χ4n) is 2.10. The number of aliphatic hydroxyl groups is 1. The van der Waals surface area contributed by atoms with Crippen molar-refractivity contribution in [2.75, 3.05) is 18.4 Å². The van der Waals surface area contributed by atoms with Crippen LogP contribution in [0, 0.1) is 11.3 Å². The number of amides is 2. The van der Waals surface area contributed by atoms with Crippen LogP contribution >= 0.6 is 0 Å². The molecule has 1 aromatic heterocycles. The average Bonchev–Trinajstić information content (AvgIpc) is 2.67. The minimum atomic E-state index is -4.81. The van der Waals surface area contributed by atoms with E-state index in [1.165, 1.54) is 25.3 Å². The Morgan fingerprint density at radius 1 is 1.29 bits per heavy atom. The lowest BCUT2D eigenvalue weighted by Crippen LogP contribution is -2.45. The van der Waals surface area contributed by atoms with Crippen LogP contribution in [0.3, 0.4) is 0 Å². The quantitative estimate of drug-likeness (QED) is 0.781. The van der Waals surface area contributed by atoms with Gasteiger partial charge in [0, 0.05) is 6.54 Å². The van der Waals surface area contributed by atoms with Crippen molar-refractivity contribution in [2.24, 2.45) is 0 Å². The normalized spacial score (nSPS) is 12.0. The maximum atomic E-state index is 12.5. The highest BCUT2D eigenvalue weighted by atomic mass is 19.4. The van der Waals surface area contributed by atoms with Crippen LogP contribution in [0.1, 0.15) is 12.5 Å². The first kappa shape index (κ1) is 21.0. The monoisotopic (exact) mass is 394 g/mol. The number of anilines is 1. The van der Waals surface area contributed by atoms with Gasteiger partial charge in [-0.2, -0.15) is 18.4 Å². The van der Waals surface area contributed by atoms with Gasteiger partial charge in [0.2, 0.25) is 0 Å². The van der Waals surface area contributed by atoms with Crippen LogP contribution in [-0.2, 0) is 0 Å². The van der Waals surface area contributed by atoms with Crippen LogP contribution < -0.4 is 10.1 Å². The van der Waals surface area contributed by atoms with E-state index in [-0.39, 0.29) is 12.4 Å². The Morgan fingerprint density at radius 2 is 1.93 bits per heavy atom. The van der Waals surface area contributed by atoms with E-state index in [9.17, 15) is 18.0 Å². The van der Waals surface area contributed by atoms with Crippen molar-refractivity contribution in [3.8, 4) is 17.6 Å². The molecule has 0 aliphatic heterocycles. The average molecular weight is 394 g/mol. The molecular formula is C18H17F3N4O3. The number of nitrogens with one attached hydrogen (secondary N) is 1. The van der Waals surface area contributed by atoms with Gasteiger partial charge in [0.25, 0.3) is 0 Å². The van der Waals surface area contributed by atoms with Gasteiger partial charge in [-0.15, -0.1) is 0 Å². The molecule has 1 aromatic carbocycles. The first-order chi connectivity index (χ1) is 13.2. The number of aliphatic hydroxyl groups excluding tert-OH is 1. The van der Waals surface area contributed by atoms with Crippen LogP contribution in [0.25, 0.3) is 0 Å². The van der Waals surface area contributed by atoms with E-state index in [0.717, 1.165) is 4.90 Å². The van der Waals surface area contributed by atoms with Gasteiger partial charge in [0.05, 0.1) is 24.4 Å². The minimum Gasteiger partial charge on any atom is -0.456 e. The molecule has 0 fully saturated rings. The Hall–Kier alpha value is -3.32. The van der Waals surface area contributed by atoms with Gasteiger partial charge in [-0.05, 0) is 43.3 Å². The van der Waals surface area contributed by atoms with Gasteiger partial charge in [-0.1, -0.05) is 0 Å². The zero-order chi connectivity index (χ0) is 20.7. The van der Waals surface area contributed by atoms with E-state index in [2.05, 4.69) is 10.3 Å². The summed E-state index contributed by atoms with van der Waals surface area (Å²) in [6, 6.07) is 10.5. The fourth-order valence-corrected chi connectivity index (χ4v) is 2.10. The molecule has 0 bridgehead atoms. The van der Waals surface area contributed by atoms with Crippen LogP contribution in [0.15, 0.2) is 42.6 Å². The number of halogens is 3. The molecule has 1 atom stereocenters. The largest absolute Gasteiger partial charge is 0.456 e. The van der Waals surface area contributed by atoms with Crippen LogP contribution in [0.2, 0.25) is 0 Å². The van der Waals surface area contributed by atoms with Crippen molar-refractivity contribution >= 4 is 11.8 Å². The number of urea groups is 1. The number of pyridine rings is 1. The number of benzene rings is 1. The molecule has 2 N–H and O–H groups in total.